The Hall–Kier alpha value is -8.08. The molecule has 0 saturated carbocycles. The second-order valence-corrected chi connectivity index (χ2v) is 24.6. The summed E-state index contributed by atoms with van der Waals surface area (Å²) < 4.78 is 46.3. The van der Waals surface area contributed by atoms with E-state index in [0.717, 1.165) is 11.1 Å². The summed E-state index contributed by atoms with van der Waals surface area (Å²) in [4.78, 5) is 91.5. The second kappa shape index (κ2) is 25.4. The number of carbonyl (C=O) groups excluding carboxylic acids is 2. The third-order valence-electron chi connectivity index (χ3n) is 16.1. The summed E-state index contributed by atoms with van der Waals surface area (Å²) in [5, 5.41) is 1.11. The van der Waals surface area contributed by atoms with Gasteiger partial charge in [-0.3, -0.25) is 19.6 Å². The van der Waals surface area contributed by atoms with E-state index in [1.807, 2.05) is 88.5 Å². The summed E-state index contributed by atoms with van der Waals surface area (Å²) in [7, 11) is 3.86. The minimum atomic E-state index is -0.625. The van der Waals surface area contributed by atoms with Crippen LogP contribution in [0.3, 0.4) is 0 Å². The molecule has 89 heavy (non-hydrogen) atoms. The molecule has 6 aromatic heterocycles. The van der Waals surface area contributed by atoms with Crippen molar-refractivity contribution in [1.82, 2.24) is 53.7 Å². The molecule has 10 heterocycles. The van der Waals surface area contributed by atoms with Gasteiger partial charge in [0, 0.05) is 64.3 Å². The van der Waals surface area contributed by atoms with Gasteiger partial charge in [-0.15, -0.1) is 0 Å². The van der Waals surface area contributed by atoms with Crippen molar-refractivity contribution in [1.29, 1.82) is 0 Å². The van der Waals surface area contributed by atoms with E-state index >= 15 is 8.78 Å². The van der Waals surface area contributed by atoms with Gasteiger partial charge in [0.15, 0.2) is 22.8 Å². The zero-order valence-corrected chi connectivity index (χ0v) is 53.3. The van der Waals surface area contributed by atoms with E-state index in [9.17, 15) is 19.2 Å². The van der Waals surface area contributed by atoms with Crippen molar-refractivity contribution in [3.63, 3.8) is 0 Å². The third kappa shape index (κ3) is 11.6. The molecule has 0 N–H and O–H groups in total. The highest BCUT2D eigenvalue weighted by molar-refractivity contribution is 6.39. The van der Waals surface area contributed by atoms with E-state index in [1.54, 1.807) is 53.4 Å². The van der Waals surface area contributed by atoms with Gasteiger partial charge in [0.2, 0.25) is 11.8 Å². The number of pyridine rings is 4. The van der Waals surface area contributed by atoms with Crippen molar-refractivity contribution in [2.75, 3.05) is 82.9 Å². The van der Waals surface area contributed by atoms with Gasteiger partial charge in [-0.1, -0.05) is 98.4 Å². The van der Waals surface area contributed by atoms with Gasteiger partial charge in [-0.2, -0.15) is 9.97 Å². The van der Waals surface area contributed by atoms with Crippen LogP contribution in [0, 0.1) is 25.5 Å². The Balaban J connectivity index is 0.000000184. The number of allylic oxidation sites excluding steroid dienone is 1. The molecule has 0 bridgehead atoms. The SMILES string of the molecule is C/C=C/C(=O)N1CCN2c3nc(=O)n(-c4c(C)ccnc4C(C)C)c4nc(-c5c(F)cccc5Cl)c(Cl)c(c34)OCC2C1.Cc1ccnc(C(C)C)c1-n1c(=O)nc2c3c(c(Cl)c(-c4c(F)cccc4Cl)nc31)OCC1CN(C(=O)/C=C/CN(C)C)CCN21. The number of fused-ring (bicyclic) bond motifs is 4. The number of piperazine rings is 2. The number of likely N-dealkylation sites (N-methyl/N-ethyl adjacent to an activating group) is 1. The molecule has 2 fully saturated rings. The standard InChI is InChI=1S/C33H34Cl2FN7O3.C31H29Cl2FN6O3/c1-18(2)27-29(19(3)11-12-37-27)43-32-25-30(26(35)28(38-32)24-21(34)8-6-9-22(24)36)46-17-20-16-41(23(44)10-7-13-40(4)5)14-15-42(20)31(25)39-33(43)45;1-5-7-21(41)38-12-13-39-18(14-38)15-43-28-23-29(39)37-31(42)40(27-17(4)10-11-35-25(27)16(2)3)30(23)36-26(24(28)33)22-19(32)8-6-9-20(22)34/h6-12,18,20H,13-17H2,1-5H3;5-11,16,18H,12-15H2,1-4H3/b10-7+;7-5+. The molecule has 2 unspecified atom stereocenters. The Morgan fingerprint density at radius 3 is 1.46 bits per heavy atom. The third-order valence-corrected chi connectivity index (χ3v) is 17.4. The molecule has 0 spiro atoms. The predicted molar refractivity (Wildman–Crippen MR) is 343 cm³/mol. The lowest BCUT2D eigenvalue weighted by Gasteiger charge is -2.40. The number of halogens is 6. The Morgan fingerprint density at radius 2 is 1.07 bits per heavy atom. The molecule has 25 heteroatoms. The molecular weight excluding hydrogens is 1230 g/mol. The van der Waals surface area contributed by atoms with Crippen LogP contribution >= 0.6 is 46.4 Å². The fourth-order valence-corrected chi connectivity index (χ4v) is 12.9. The number of benzene rings is 2. The van der Waals surface area contributed by atoms with Crippen LogP contribution in [-0.2, 0) is 9.59 Å². The van der Waals surface area contributed by atoms with Gasteiger partial charge in [-0.05, 0) is 100 Å². The summed E-state index contributed by atoms with van der Waals surface area (Å²) in [6, 6.07) is 11.6. The van der Waals surface area contributed by atoms with Crippen molar-refractivity contribution in [2.24, 2.45) is 0 Å². The van der Waals surface area contributed by atoms with Gasteiger partial charge in [-0.25, -0.2) is 37.5 Å². The van der Waals surface area contributed by atoms with Crippen molar-refractivity contribution < 1.29 is 27.8 Å². The number of aromatic nitrogens is 8. The number of amides is 2. The number of carbonyl (C=O) groups is 2. The molecule has 0 aliphatic carbocycles. The highest BCUT2D eigenvalue weighted by atomic mass is 35.5. The van der Waals surface area contributed by atoms with Crippen LogP contribution in [0.4, 0.5) is 20.4 Å². The average molecular weight is 1290 g/mol. The molecule has 2 aromatic carbocycles. The van der Waals surface area contributed by atoms with Crippen LogP contribution in [-0.4, -0.2) is 151 Å². The lowest BCUT2D eigenvalue weighted by atomic mass is 10.0. The lowest BCUT2D eigenvalue weighted by Crippen LogP contribution is -2.56. The first-order valence-electron chi connectivity index (χ1n) is 29.0. The van der Waals surface area contributed by atoms with E-state index in [0.29, 0.717) is 91.0 Å². The van der Waals surface area contributed by atoms with E-state index in [4.69, 9.17) is 65.8 Å². The van der Waals surface area contributed by atoms with E-state index in [2.05, 4.69) is 19.9 Å². The number of nitrogens with zero attached hydrogens (tertiary/aromatic N) is 13. The zero-order valence-electron chi connectivity index (χ0n) is 50.3. The maximum atomic E-state index is 15.4. The Morgan fingerprint density at radius 1 is 0.640 bits per heavy atom. The van der Waals surface area contributed by atoms with Crippen LogP contribution in [0.1, 0.15) is 69.0 Å². The molecule has 0 radical (unpaired) electrons. The summed E-state index contributed by atoms with van der Waals surface area (Å²) >= 11 is 27.0. The zero-order chi connectivity index (χ0) is 63.4. The van der Waals surface area contributed by atoms with Crippen molar-refractivity contribution in [3.8, 4) is 45.4 Å². The summed E-state index contributed by atoms with van der Waals surface area (Å²) in [5.74, 6) is -0.435. The molecule has 2 amide bonds. The van der Waals surface area contributed by atoms with Gasteiger partial charge in [0.05, 0.1) is 67.4 Å². The first-order valence-corrected chi connectivity index (χ1v) is 30.5. The van der Waals surface area contributed by atoms with Crippen LogP contribution in [0.5, 0.6) is 11.5 Å². The molecule has 2 atom stereocenters. The average Bonchev–Trinajstić information content (AvgIpc) is 1.72. The maximum Gasteiger partial charge on any atom is 0.355 e. The molecule has 8 aromatic rings. The molecule has 2 saturated heterocycles. The van der Waals surface area contributed by atoms with Gasteiger partial charge in [0.1, 0.15) is 57.3 Å². The number of anilines is 2. The maximum absolute atomic E-state index is 15.4. The molecule has 19 nitrogen and oxygen atoms in total. The molecule has 12 rings (SSSR count). The first-order chi connectivity index (χ1) is 42.6. The number of hydrogen-bond acceptors (Lipinski definition) is 15. The summed E-state index contributed by atoms with van der Waals surface area (Å²) in [6.07, 6.45) is 10.0. The number of aryl methyl sites for hydroxylation is 2. The quantitative estimate of drug-likeness (QED) is 0.117. The highest BCUT2D eigenvalue weighted by Crippen LogP contribution is 2.49. The Labute approximate surface area is 531 Å². The number of ether oxygens (including phenoxy) is 2. The van der Waals surface area contributed by atoms with Gasteiger partial charge in [0.25, 0.3) is 0 Å². The van der Waals surface area contributed by atoms with Crippen LogP contribution in [0.15, 0.2) is 94.8 Å². The topological polar surface area (TPSA) is 190 Å². The predicted octanol–water partition coefficient (Wildman–Crippen LogP) is 11.0. The largest absolute Gasteiger partial charge is 0.489 e. The minimum absolute atomic E-state index is 0.00892. The summed E-state index contributed by atoms with van der Waals surface area (Å²) in [5.41, 5.74) is 3.24. The number of hydrogen-bond donors (Lipinski definition) is 0. The smallest absolute Gasteiger partial charge is 0.355 e. The minimum Gasteiger partial charge on any atom is -0.489 e. The summed E-state index contributed by atoms with van der Waals surface area (Å²) in [6.45, 7) is 16.7. The molecule has 4 aliphatic rings. The highest BCUT2D eigenvalue weighted by Gasteiger charge is 2.40. The fourth-order valence-electron chi connectivity index (χ4n) is 11.8. The van der Waals surface area contributed by atoms with Crippen LogP contribution < -0.4 is 30.7 Å². The second-order valence-electron chi connectivity index (χ2n) is 23.0. The Bertz CT molecular complexity index is 4330. The number of rotatable bonds is 10. The Kier molecular flexibility index (Phi) is 17.9. The van der Waals surface area contributed by atoms with Crippen molar-refractivity contribution in [2.45, 2.75) is 72.4 Å². The normalized spacial score (nSPS) is 16.4. The molecule has 462 valence electrons. The van der Waals surface area contributed by atoms with Gasteiger partial charge < -0.3 is 34.0 Å². The fraction of sp³-hybridized carbons (Fsp3) is 0.344. The van der Waals surface area contributed by atoms with Crippen molar-refractivity contribution in [3.05, 3.63) is 160 Å². The van der Waals surface area contributed by atoms with Crippen LogP contribution in [0.25, 0.3) is 56.0 Å². The van der Waals surface area contributed by atoms with Crippen molar-refractivity contribution >= 4 is 91.9 Å². The van der Waals surface area contributed by atoms with Gasteiger partial charge >= 0.3 is 11.4 Å². The molecular formula is C64H63Cl4F2N13O6. The van der Waals surface area contributed by atoms with E-state index in [-0.39, 0.29) is 114 Å². The van der Waals surface area contributed by atoms with E-state index < -0.39 is 23.0 Å². The monoisotopic (exact) mass is 1290 g/mol. The van der Waals surface area contributed by atoms with Crippen LogP contribution in [0.2, 0.25) is 20.1 Å². The molecule has 4 aliphatic heterocycles. The first kappa shape index (κ1) is 62.5. The van der Waals surface area contributed by atoms with E-state index in [1.165, 1.54) is 39.5 Å². The lowest BCUT2D eigenvalue weighted by molar-refractivity contribution is -0.127.